The molecule has 0 radical (unpaired) electrons. The van der Waals surface area contributed by atoms with Gasteiger partial charge in [0, 0.05) is 16.2 Å². The summed E-state index contributed by atoms with van der Waals surface area (Å²) in [5.41, 5.74) is 5.34. The van der Waals surface area contributed by atoms with Gasteiger partial charge in [0.1, 0.15) is 0 Å². The van der Waals surface area contributed by atoms with Gasteiger partial charge in [0.25, 0.3) is 0 Å². The predicted octanol–water partition coefficient (Wildman–Crippen LogP) is 5.45. The van der Waals surface area contributed by atoms with Gasteiger partial charge in [-0.05, 0) is 41.6 Å². The molecule has 0 N–H and O–H groups in total. The first-order valence-electron chi connectivity index (χ1n) is 7.44. The molecular formula is C18H14BrN3S. The molecule has 3 heterocycles. The first-order chi connectivity index (χ1) is 11.3. The monoisotopic (exact) mass is 383 g/mol. The molecule has 0 saturated heterocycles. The maximum atomic E-state index is 4.84. The quantitative estimate of drug-likeness (QED) is 0.470. The number of fused-ring (bicyclic) bond motifs is 1. The van der Waals surface area contributed by atoms with Gasteiger partial charge >= 0.3 is 0 Å². The van der Waals surface area contributed by atoms with Crippen LogP contribution in [0.4, 0.5) is 0 Å². The molecule has 5 heteroatoms. The number of nitrogens with zero attached hydrogens (tertiary/aromatic N) is 3. The Labute approximate surface area is 146 Å². The summed E-state index contributed by atoms with van der Waals surface area (Å²) >= 11 is 5.21. The molecule has 0 aliphatic rings. The lowest BCUT2D eigenvalue weighted by atomic mass is 10.0. The first kappa shape index (κ1) is 14.6. The Hall–Kier alpha value is -1.98. The van der Waals surface area contributed by atoms with Crippen LogP contribution in [0.3, 0.4) is 0 Å². The smallest absolute Gasteiger partial charge is 0.163 e. The van der Waals surface area contributed by atoms with Crippen LogP contribution in [0, 0.1) is 0 Å². The van der Waals surface area contributed by atoms with Crippen LogP contribution in [0.1, 0.15) is 12.6 Å². The van der Waals surface area contributed by atoms with Crippen LogP contribution in [-0.2, 0) is 6.42 Å². The van der Waals surface area contributed by atoms with Crippen molar-refractivity contribution in [3.8, 4) is 21.7 Å². The average Bonchev–Trinajstić information content (AvgIpc) is 3.22. The molecule has 0 fully saturated rings. The van der Waals surface area contributed by atoms with Crippen LogP contribution >= 0.6 is 27.3 Å². The Morgan fingerprint density at radius 2 is 1.96 bits per heavy atom. The van der Waals surface area contributed by atoms with Crippen molar-refractivity contribution in [2.24, 2.45) is 0 Å². The number of hydrogen-bond acceptors (Lipinski definition) is 3. The summed E-state index contributed by atoms with van der Waals surface area (Å²) in [5.74, 6) is 0. The van der Waals surface area contributed by atoms with E-state index in [4.69, 9.17) is 5.10 Å². The van der Waals surface area contributed by atoms with Crippen LogP contribution < -0.4 is 0 Å². The van der Waals surface area contributed by atoms with E-state index in [0.29, 0.717) is 0 Å². The number of aryl methyl sites for hydroxylation is 1. The molecule has 0 atom stereocenters. The van der Waals surface area contributed by atoms with Crippen molar-refractivity contribution in [3.63, 3.8) is 0 Å². The topological polar surface area (TPSA) is 30.2 Å². The van der Waals surface area contributed by atoms with Crippen molar-refractivity contribution in [3.05, 3.63) is 64.2 Å². The van der Waals surface area contributed by atoms with Gasteiger partial charge in [-0.2, -0.15) is 5.10 Å². The van der Waals surface area contributed by atoms with Crippen LogP contribution in [-0.4, -0.2) is 14.6 Å². The molecule has 0 saturated carbocycles. The highest BCUT2D eigenvalue weighted by Crippen LogP contribution is 2.32. The third-order valence-electron chi connectivity index (χ3n) is 3.83. The zero-order valence-corrected chi connectivity index (χ0v) is 14.9. The van der Waals surface area contributed by atoms with E-state index in [2.05, 4.69) is 69.6 Å². The van der Waals surface area contributed by atoms with E-state index in [0.717, 1.165) is 39.1 Å². The van der Waals surface area contributed by atoms with Crippen LogP contribution in [0.15, 0.2) is 58.5 Å². The molecule has 3 aromatic heterocycles. The van der Waals surface area contributed by atoms with Gasteiger partial charge in [0.15, 0.2) is 5.65 Å². The summed E-state index contributed by atoms with van der Waals surface area (Å²) in [6.07, 6.45) is 2.74. The van der Waals surface area contributed by atoms with Gasteiger partial charge in [-0.15, -0.1) is 11.3 Å². The summed E-state index contributed by atoms with van der Waals surface area (Å²) in [5, 5.41) is 6.92. The summed E-state index contributed by atoms with van der Waals surface area (Å²) in [6.45, 7) is 2.13. The van der Waals surface area contributed by atoms with Crippen molar-refractivity contribution < 1.29 is 0 Å². The Kier molecular flexibility index (Phi) is 3.75. The van der Waals surface area contributed by atoms with E-state index in [9.17, 15) is 0 Å². The Morgan fingerprint density at radius 3 is 2.65 bits per heavy atom. The second-order valence-corrected chi connectivity index (χ2v) is 7.09. The molecule has 0 amide bonds. The fourth-order valence-corrected chi connectivity index (χ4v) is 3.76. The van der Waals surface area contributed by atoms with E-state index < -0.39 is 0 Å². The molecule has 4 aromatic rings. The third-order valence-corrected chi connectivity index (χ3v) is 5.25. The lowest BCUT2D eigenvalue weighted by Gasteiger charge is -2.03. The standard InChI is InChI=1S/C18H14BrN3S/c1-2-14-17(12-5-7-13(19)8-6-12)18-20-10-9-15(22(18)21-14)16-4-3-11-23-16/h3-11H,2H2,1H3. The molecule has 114 valence electrons. The van der Waals surface area contributed by atoms with Crippen molar-refractivity contribution >= 4 is 32.9 Å². The fraction of sp³-hybridized carbons (Fsp3) is 0.111. The third kappa shape index (κ3) is 2.50. The largest absolute Gasteiger partial charge is 0.236 e. The van der Waals surface area contributed by atoms with Crippen molar-refractivity contribution in [1.82, 2.24) is 14.6 Å². The van der Waals surface area contributed by atoms with Gasteiger partial charge in [-0.3, -0.25) is 0 Å². The van der Waals surface area contributed by atoms with Crippen molar-refractivity contribution in [2.45, 2.75) is 13.3 Å². The second kappa shape index (κ2) is 5.91. The maximum absolute atomic E-state index is 4.84. The Balaban J connectivity index is 2.01. The number of halogens is 1. The van der Waals surface area contributed by atoms with Gasteiger partial charge in [-0.25, -0.2) is 9.50 Å². The van der Waals surface area contributed by atoms with Crippen molar-refractivity contribution in [1.29, 1.82) is 0 Å². The molecule has 23 heavy (non-hydrogen) atoms. The molecule has 0 unspecified atom stereocenters. The van der Waals surface area contributed by atoms with E-state index in [1.807, 2.05) is 16.8 Å². The van der Waals surface area contributed by atoms with Crippen molar-refractivity contribution in [2.75, 3.05) is 0 Å². The Morgan fingerprint density at radius 1 is 1.13 bits per heavy atom. The van der Waals surface area contributed by atoms with E-state index in [1.165, 1.54) is 4.88 Å². The highest BCUT2D eigenvalue weighted by molar-refractivity contribution is 9.10. The first-order valence-corrected chi connectivity index (χ1v) is 9.11. The zero-order chi connectivity index (χ0) is 15.8. The molecule has 1 aromatic carbocycles. The summed E-state index contributed by atoms with van der Waals surface area (Å²) in [6, 6.07) is 14.5. The van der Waals surface area contributed by atoms with Crippen LogP contribution in [0.2, 0.25) is 0 Å². The molecule has 0 spiro atoms. The van der Waals surface area contributed by atoms with Gasteiger partial charge in [0.05, 0.1) is 16.3 Å². The predicted molar refractivity (Wildman–Crippen MR) is 98.8 cm³/mol. The van der Waals surface area contributed by atoms with Crippen LogP contribution in [0.5, 0.6) is 0 Å². The zero-order valence-electron chi connectivity index (χ0n) is 12.5. The highest BCUT2D eigenvalue weighted by Gasteiger charge is 2.17. The second-order valence-electron chi connectivity index (χ2n) is 5.22. The number of benzene rings is 1. The maximum Gasteiger partial charge on any atom is 0.163 e. The minimum atomic E-state index is 0.874. The number of aromatic nitrogens is 3. The normalized spacial score (nSPS) is 11.2. The SMILES string of the molecule is CCc1nn2c(-c3cccs3)ccnc2c1-c1ccc(Br)cc1. The molecule has 4 rings (SSSR count). The van der Waals surface area contributed by atoms with E-state index in [1.54, 1.807) is 11.3 Å². The van der Waals surface area contributed by atoms with E-state index >= 15 is 0 Å². The number of hydrogen-bond donors (Lipinski definition) is 0. The summed E-state index contributed by atoms with van der Waals surface area (Å²) < 4.78 is 3.05. The lowest BCUT2D eigenvalue weighted by Crippen LogP contribution is -1.94. The highest BCUT2D eigenvalue weighted by atomic mass is 79.9. The molecule has 0 aliphatic heterocycles. The van der Waals surface area contributed by atoms with Gasteiger partial charge in [0.2, 0.25) is 0 Å². The summed E-state index contributed by atoms with van der Waals surface area (Å²) in [7, 11) is 0. The van der Waals surface area contributed by atoms with E-state index in [-0.39, 0.29) is 0 Å². The minimum absolute atomic E-state index is 0.874. The lowest BCUT2D eigenvalue weighted by molar-refractivity contribution is 0.895. The fourth-order valence-electron chi connectivity index (χ4n) is 2.76. The Bertz CT molecular complexity index is 956. The van der Waals surface area contributed by atoms with Gasteiger partial charge < -0.3 is 0 Å². The minimum Gasteiger partial charge on any atom is -0.236 e. The number of thiophene rings is 1. The molecular weight excluding hydrogens is 370 g/mol. The van der Waals surface area contributed by atoms with Gasteiger partial charge in [-0.1, -0.05) is 41.1 Å². The molecule has 0 bridgehead atoms. The molecule has 3 nitrogen and oxygen atoms in total. The van der Waals surface area contributed by atoms with Crippen LogP contribution in [0.25, 0.3) is 27.3 Å². The average molecular weight is 384 g/mol. The molecule has 0 aliphatic carbocycles. The number of rotatable bonds is 3. The summed E-state index contributed by atoms with van der Waals surface area (Å²) in [4.78, 5) is 5.81.